The zero-order valence-electron chi connectivity index (χ0n) is 26.0. The molecule has 4 rings (SSSR count). The van der Waals surface area contributed by atoms with E-state index in [1.165, 1.54) is 93.8 Å². The van der Waals surface area contributed by atoms with Gasteiger partial charge in [0.1, 0.15) is 0 Å². The second-order valence-corrected chi connectivity index (χ2v) is 11.8. The second-order valence-electron chi connectivity index (χ2n) is 11.8. The molecule has 1 unspecified atom stereocenters. The number of unbranched alkanes of at least 4 members (excludes halogenated alkanes) is 2. The molecule has 1 atom stereocenters. The van der Waals surface area contributed by atoms with Gasteiger partial charge in [-0.25, -0.2) is 0 Å². The van der Waals surface area contributed by atoms with Crippen molar-refractivity contribution in [2.24, 2.45) is 5.41 Å². The molecule has 1 aromatic carbocycles. The second kappa shape index (κ2) is 19.3. The highest BCUT2D eigenvalue weighted by Gasteiger charge is 2.17. The van der Waals surface area contributed by atoms with Crippen LogP contribution in [0.25, 0.3) is 0 Å². The van der Waals surface area contributed by atoms with Gasteiger partial charge in [-0.2, -0.15) is 0 Å². The van der Waals surface area contributed by atoms with Crippen LogP contribution in [0.3, 0.4) is 0 Å². The molecule has 1 aromatic rings. The Balaban J connectivity index is 0.000000333. The van der Waals surface area contributed by atoms with Crippen molar-refractivity contribution >= 4 is 0 Å². The molecule has 0 amide bonds. The molecule has 0 spiro atoms. The van der Waals surface area contributed by atoms with Crippen molar-refractivity contribution < 1.29 is 0 Å². The maximum atomic E-state index is 2.48. The van der Waals surface area contributed by atoms with Gasteiger partial charge in [0.2, 0.25) is 0 Å². The first kappa shape index (κ1) is 33.2. The molecule has 37 heavy (non-hydrogen) atoms. The minimum atomic E-state index is 0.453. The van der Waals surface area contributed by atoms with Crippen molar-refractivity contribution in [1.82, 2.24) is 0 Å². The Morgan fingerprint density at radius 2 is 1.57 bits per heavy atom. The summed E-state index contributed by atoms with van der Waals surface area (Å²) in [6.07, 6.45) is 28.3. The molecule has 0 heterocycles. The molecule has 0 aliphatic heterocycles. The SMILES string of the molecule is CC1=CC(C)=C(Cc2cccc(C3CCCCC3)c2)C1.CCC.CCC1(C)C=CC=CC1.CCCCC. The number of benzene rings is 1. The molecule has 0 radical (unpaired) electrons. The van der Waals surface area contributed by atoms with Gasteiger partial charge < -0.3 is 0 Å². The van der Waals surface area contributed by atoms with Crippen LogP contribution in [-0.2, 0) is 6.42 Å². The van der Waals surface area contributed by atoms with E-state index in [2.05, 4.69) is 110 Å². The van der Waals surface area contributed by atoms with Crippen molar-refractivity contribution in [2.75, 3.05) is 0 Å². The van der Waals surface area contributed by atoms with Crippen molar-refractivity contribution in [1.29, 1.82) is 0 Å². The average Bonchev–Trinajstić information content (AvgIpc) is 3.23. The molecule has 208 valence electrons. The molecular weight excluding hydrogens is 444 g/mol. The first-order chi connectivity index (χ1) is 17.8. The maximum absolute atomic E-state index is 2.48. The summed E-state index contributed by atoms with van der Waals surface area (Å²) in [6, 6.07) is 9.40. The van der Waals surface area contributed by atoms with Gasteiger partial charge in [-0.15, -0.1) is 0 Å². The van der Waals surface area contributed by atoms with E-state index in [4.69, 9.17) is 0 Å². The third-order valence-electron chi connectivity index (χ3n) is 7.80. The van der Waals surface area contributed by atoms with Crippen LogP contribution in [-0.4, -0.2) is 0 Å². The molecule has 0 saturated heterocycles. The van der Waals surface area contributed by atoms with Gasteiger partial charge in [0.05, 0.1) is 0 Å². The average molecular weight is 505 g/mol. The van der Waals surface area contributed by atoms with Gasteiger partial charge in [0.15, 0.2) is 0 Å². The topological polar surface area (TPSA) is 0 Å². The fourth-order valence-electron chi connectivity index (χ4n) is 5.23. The lowest BCUT2D eigenvalue weighted by molar-refractivity contribution is 0.413. The van der Waals surface area contributed by atoms with E-state index in [0.717, 1.165) is 12.3 Å². The normalized spacial score (nSPS) is 20.7. The summed E-state index contributed by atoms with van der Waals surface area (Å²) in [5.74, 6) is 0.821. The number of hydrogen-bond donors (Lipinski definition) is 0. The third-order valence-corrected chi connectivity index (χ3v) is 7.80. The molecule has 0 N–H and O–H groups in total. The molecule has 1 fully saturated rings. The summed E-state index contributed by atoms with van der Waals surface area (Å²) in [5.41, 5.74) is 8.16. The van der Waals surface area contributed by atoms with Crippen LogP contribution >= 0.6 is 0 Å². The lowest BCUT2D eigenvalue weighted by Gasteiger charge is -2.23. The van der Waals surface area contributed by atoms with Crippen LogP contribution in [0.2, 0.25) is 0 Å². The van der Waals surface area contributed by atoms with Crippen LogP contribution < -0.4 is 0 Å². The molecular formula is C37H60. The summed E-state index contributed by atoms with van der Waals surface area (Å²) in [7, 11) is 0. The Morgan fingerprint density at radius 3 is 2.03 bits per heavy atom. The van der Waals surface area contributed by atoms with Gasteiger partial charge in [0, 0.05) is 0 Å². The Morgan fingerprint density at radius 1 is 0.892 bits per heavy atom. The van der Waals surface area contributed by atoms with Gasteiger partial charge in [0.25, 0.3) is 0 Å². The Hall–Kier alpha value is -1.82. The Kier molecular flexibility index (Phi) is 17.3. The zero-order chi connectivity index (χ0) is 27.5. The highest BCUT2D eigenvalue weighted by molar-refractivity contribution is 5.40. The molecule has 0 aromatic heterocycles. The van der Waals surface area contributed by atoms with Crippen LogP contribution in [0, 0.1) is 5.41 Å². The molecule has 0 heteroatoms. The molecule has 3 aliphatic carbocycles. The fourth-order valence-corrected chi connectivity index (χ4v) is 5.23. The number of allylic oxidation sites excluding steroid dienone is 8. The van der Waals surface area contributed by atoms with Crippen LogP contribution in [0.4, 0.5) is 0 Å². The first-order valence-corrected chi connectivity index (χ1v) is 15.6. The van der Waals surface area contributed by atoms with E-state index in [0.29, 0.717) is 5.41 Å². The monoisotopic (exact) mass is 504 g/mol. The summed E-state index contributed by atoms with van der Waals surface area (Å²) in [4.78, 5) is 0. The van der Waals surface area contributed by atoms with E-state index in [-0.39, 0.29) is 0 Å². The van der Waals surface area contributed by atoms with E-state index >= 15 is 0 Å². The van der Waals surface area contributed by atoms with Crippen molar-refractivity contribution in [3.05, 3.63) is 82.5 Å². The zero-order valence-corrected chi connectivity index (χ0v) is 26.0. The quantitative estimate of drug-likeness (QED) is 0.361. The highest BCUT2D eigenvalue weighted by Crippen LogP contribution is 2.34. The minimum absolute atomic E-state index is 0.453. The standard InChI is InChI=1S/C20H26.C9H14.C5H12.C3H8/c1-15-11-16(2)20(12-15)14-17-7-6-10-19(13-17)18-8-4-3-5-9-18;1-3-9(2)7-5-4-6-8-9;1-3-5-4-2;1-3-2/h6-7,10-11,13,18H,3-5,8-9,12,14H2,1-2H3;4-7H,3,8H2,1-2H3;3-5H2,1-2H3;3H2,1-2H3. The van der Waals surface area contributed by atoms with Crippen LogP contribution in [0.1, 0.15) is 149 Å². The summed E-state index contributed by atoms with van der Waals surface area (Å²) in [6.45, 7) is 17.7. The number of rotatable bonds is 6. The number of hydrogen-bond acceptors (Lipinski definition) is 0. The lowest BCUT2D eigenvalue weighted by atomic mass is 9.82. The third kappa shape index (κ3) is 13.5. The van der Waals surface area contributed by atoms with Gasteiger partial charge >= 0.3 is 0 Å². The Bertz CT molecular complexity index is 854. The molecule has 0 bridgehead atoms. The van der Waals surface area contributed by atoms with E-state index in [1.54, 1.807) is 11.1 Å². The van der Waals surface area contributed by atoms with Crippen molar-refractivity contribution in [2.45, 2.75) is 145 Å². The van der Waals surface area contributed by atoms with Gasteiger partial charge in [-0.05, 0) is 74.8 Å². The van der Waals surface area contributed by atoms with Crippen molar-refractivity contribution in [3.8, 4) is 0 Å². The minimum Gasteiger partial charge on any atom is -0.0837 e. The van der Waals surface area contributed by atoms with Crippen LogP contribution in [0.15, 0.2) is 71.4 Å². The van der Waals surface area contributed by atoms with E-state index in [9.17, 15) is 0 Å². The van der Waals surface area contributed by atoms with Gasteiger partial charge in [-0.3, -0.25) is 0 Å². The predicted molar refractivity (Wildman–Crippen MR) is 170 cm³/mol. The lowest BCUT2D eigenvalue weighted by Crippen LogP contribution is -2.11. The highest BCUT2D eigenvalue weighted by atomic mass is 14.2. The summed E-state index contributed by atoms with van der Waals surface area (Å²) < 4.78 is 0. The molecule has 1 saturated carbocycles. The summed E-state index contributed by atoms with van der Waals surface area (Å²) >= 11 is 0. The first-order valence-electron chi connectivity index (χ1n) is 15.6. The van der Waals surface area contributed by atoms with E-state index < -0.39 is 0 Å². The smallest absolute Gasteiger partial charge is 0.00581 e. The fraction of sp³-hybridized carbons (Fsp3) is 0.622. The maximum Gasteiger partial charge on any atom is -0.00581 e. The Labute approximate surface area is 232 Å². The molecule has 3 aliphatic rings. The largest absolute Gasteiger partial charge is 0.0837 e. The van der Waals surface area contributed by atoms with Crippen LogP contribution in [0.5, 0.6) is 0 Å². The molecule has 0 nitrogen and oxygen atoms in total. The van der Waals surface area contributed by atoms with Gasteiger partial charge in [-0.1, -0.05) is 158 Å². The predicted octanol–water partition coefficient (Wildman–Crippen LogP) is 12.5. The summed E-state index contributed by atoms with van der Waals surface area (Å²) in [5, 5.41) is 0. The van der Waals surface area contributed by atoms with E-state index in [1.807, 2.05) is 0 Å². The van der Waals surface area contributed by atoms with Crippen molar-refractivity contribution in [3.63, 3.8) is 0 Å².